The molecule has 0 spiro atoms. The van der Waals surface area contributed by atoms with Crippen molar-refractivity contribution in [2.45, 2.75) is 38.8 Å². The van der Waals surface area contributed by atoms with Crippen LogP contribution >= 0.6 is 23.8 Å². The maximum atomic E-state index is 12.6. The summed E-state index contributed by atoms with van der Waals surface area (Å²) in [4.78, 5) is 12.6. The molecular formula is C14H16ClN3OS. The van der Waals surface area contributed by atoms with E-state index in [-0.39, 0.29) is 5.69 Å². The van der Waals surface area contributed by atoms with E-state index in [4.69, 9.17) is 23.8 Å². The quantitative estimate of drug-likeness (QED) is 0.756. The first kappa shape index (κ1) is 13.6. The molecule has 6 heteroatoms. The topological polar surface area (TPSA) is 31.9 Å². The minimum Gasteiger partial charge on any atom is -0.256 e. The summed E-state index contributed by atoms with van der Waals surface area (Å²) in [5.41, 5.74) is 0.718. The summed E-state index contributed by atoms with van der Waals surface area (Å²) in [6, 6.07) is 7.21. The Bertz CT molecular complexity index is 687. The zero-order valence-corrected chi connectivity index (χ0v) is 12.7. The number of rotatable bonds is 1. The van der Waals surface area contributed by atoms with Crippen molar-refractivity contribution in [3.63, 3.8) is 0 Å². The minimum atomic E-state index is -0.0563. The highest BCUT2D eigenvalue weighted by Gasteiger charge is 2.15. The van der Waals surface area contributed by atoms with Crippen LogP contribution in [0.15, 0.2) is 29.1 Å². The van der Waals surface area contributed by atoms with Crippen molar-refractivity contribution >= 4 is 23.8 Å². The molecule has 1 aromatic carbocycles. The Balaban J connectivity index is 2.17. The van der Waals surface area contributed by atoms with Crippen LogP contribution in [-0.2, 0) is 13.1 Å². The van der Waals surface area contributed by atoms with E-state index >= 15 is 0 Å². The summed E-state index contributed by atoms with van der Waals surface area (Å²) in [6.45, 7) is 1.55. The van der Waals surface area contributed by atoms with Gasteiger partial charge in [0.05, 0.1) is 5.69 Å². The largest absolute Gasteiger partial charge is 0.349 e. The van der Waals surface area contributed by atoms with Gasteiger partial charge >= 0.3 is 5.69 Å². The molecule has 1 aliphatic heterocycles. The van der Waals surface area contributed by atoms with Crippen LogP contribution in [0.25, 0.3) is 5.69 Å². The monoisotopic (exact) mass is 309 g/mol. The normalized spacial score (nSPS) is 15.4. The second-order valence-electron chi connectivity index (χ2n) is 5.04. The highest BCUT2D eigenvalue weighted by molar-refractivity contribution is 7.71. The van der Waals surface area contributed by atoms with Crippen molar-refractivity contribution in [3.05, 3.63) is 44.5 Å². The van der Waals surface area contributed by atoms with Crippen LogP contribution in [0, 0.1) is 4.77 Å². The fourth-order valence-corrected chi connectivity index (χ4v) is 3.14. The van der Waals surface area contributed by atoms with Gasteiger partial charge in [-0.25, -0.2) is 14.0 Å². The van der Waals surface area contributed by atoms with Gasteiger partial charge < -0.3 is 0 Å². The molecular weight excluding hydrogens is 294 g/mol. The van der Waals surface area contributed by atoms with Gasteiger partial charge in [-0.3, -0.25) is 4.68 Å². The van der Waals surface area contributed by atoms with Crippen molar-refractivity contribution in [2.24, 2.45) is 0 Å². The number of halogens is 1. The Morgan fingerprint density at radius 1 is 0.950 bits per heavy atom. The molecule has 1 aliphatic rings. The number of aromatic nitrogens is 3. The van der Waals surface area contributed by atoms with Gasteiger partial charge in [0.15, 0.2) is 0 Å². The van der Waals surface area contributed by atoms with Gasteiger partial charge in [0.25, 0.3) is 0 Å². The van der Waals surface area contributed by atoms with Gasteiger partial charge in [-0.1, -0.05) is 24.4 Å². The Hall–Kier alpha value is -1.33. The molecule has 4 nitrogen and oxygen atoms in total. The molecule has 0 atom stereocenters. The van der Waals surface area contributed by atoms with Crippen LogP contribution in [0.3, 0.4) is 0 Å². The van der Waals surface area contributed by atoms with E-state index < -0.39 is 0 Å². The first-order valence-corrected chi connectivity index (χ1v) is 7.66. The zero-order chi connectivity index (χ0) is 14.1. The predicted molar refractivity (Wildman–Crippen MR) is 82.3 cm³/mol. The molecule has 20 heavy (non-hydrogen) atoms. The number of benzene rings is 1. The summed E-state index contributed by atoms with van der Waals surface area (Å²) >= 11 is 11.4. The van der Waals surface area contributed by atoms with Gasteiger partial charge in [0, 0.05) is 18.1 Å². The molecule has 0 saturated heterocycles. The van der Waals surface area contributed by atoms with E-state index in [0.29, 0.717) is 9.79 Å². The maximum absolute atomic E-state index is 12.6. The Morgan fingerprint density at radius 3 is 2.20 bits per heavy atom. The van der Waals surface area contributed by atoms with E-state index in [1.54, 1.807) is 21.4 Å². The lowest BCUT2D eigenvalue weighted by atomic mass is 10.2. The Morgan fingerprint density at radius 2 is 1.55 bits per heavy atom. The molecule has 3 rings (SSSR count). The standard InChI is InChI=1S/C14H16ClN3OS/c15-11-5-7-12(8-6-11)18-13(19)16-9-3-1-2-4-10-17(16)14(18)20/h5-8H,1-4,9-10H2. The molecule has 0 radical (unpaired) electrons. The molecule has 0 N–H and O–H groups in total. The maximum Gasteiger partial charge on any atom is 0.349 e. The highest BCUT2D eigenvalue weighted by atomic mass is 35.5. The second kappa shape index (κ2) is 5.58. The predicted octanol–water partition coefficient (Wildman–Crippen LogP) is 3.40. The van der Waals surface area contributed by atoms with Crippen molar-refractivity contribution in [1.82, 2.24) is 13.9 Å². The molecule has 0 unspecified atom stereocenters. The molecule has 2 heterocycles. The third-order valence-electron chi connectivity index (χ3n) is 3.69. The summed E-state index contributed by atoms with van der Waals surface area (Å²) < 4.78 is 5.87. The Labute approximate surface area is 127 Å². The van der Waals surface area contributed by atoms with E-state index in [1.165, 1.54) is 12.8 Å². The zero-order valence-electron chi connectivity index (χ0n) is 11.1. The molecule has 1 aromatic heterocycles. The van der Waals surface area contributed by atoms with Crippen LogP contribution in [0.4, 0.5) is 0 Å². The van der Waals surface area contributed by atoms with Crippen LogP contribution in [0.2, 0.25) is 5.02 Å². The van der Waals surface area contributed by atoms with Crippen molar-refractivity contribution in [2.75, 3.05) is 0 Å². The number of nitrogens with zero attached hydrogens (tertiary/aromatic N) is 3. The summed E-state index contributed by atoms with van der Waals surface area (Å²) in [5.74, 6) is 0. The van der Waals surface area contributed by atoms with Crippen LogP contribution in [-0.4, -0.2) is 13.9 Å². The summed E-state index contributed by atoms with van der Waals surface area (Å²) in [7, 11) is 0. The lowest BCUT2D eigenvalue weighted by molar-refractivity contribution is 0.375. The third kappa shape index (κ3) is 2.36. The van der Waals surface area contributed by atoms with E-state index in [9.17, 15) is 4.79 Å². The molecule has 0 fully saturated rings. The van der Waals surface area contributed by atoms with Gasteiger partial charge in [-0.05, 0) is 49.3 Å². The number of fused-ring (bicyclic) bond motifs is 1. The second-order valence-corrected chi connectivity index (χ2v) is 5.84. The Kier molecular flexibility index (Phi) is 3.81. The van der Waals surface area contributed by atoms with Gasteiger partial charge in [0.2, 0.25) is 4.77 Å². The smallest absolute Gasteiger partial charge is 0.256 e. The minimum absolute atomic E-state index is 0.0563. The fraction of sp³-hybridized carbons (Fsp3) is 0.429. The third-order valence-corrected chi connectivity index (χ3v) is 4.34. The van der Waals surface area contributed by atoms with Crippen LogP contribution in [0.1, 0.15) is 25.7 Å². The lowest BCUT2D eigenvalue weighted by Gasteiger charge is -2.13. The van der Waals surface area contributed by atoms with E-state index in [1.807, 2.05) is 16.8 Å². The SMILES string of the molecule is O=c1n(-c2ccc(Cl)cc2)c(=S)n2n1CCCCCC2. The van der Waals surface area contributed by atoms with Gasteiger partial charge in [0.1, 0.15) is 0 Å². The van der Waals surface area contributed by atoms with Crippen molar-refractivity contribution < 1.29 is 0 Å². The molecule has 0 aliphatic carbocycles. The van der Waals surface area contributed by atoms with Crippen LogP contribution < -0.4 is 5.69 Å². The van der Waals surface area contributed by atoms with Crippen molar-refractivity contribution in [3.8, 4) is 5.69 Å². The molecule has 106 valence electrons. The molecule has 2 aromatic rings. The summed E-state index contributed by atoms with van der Waals surface area (Å²) in [6.07, 6.45) is 4.46. The lowest BCUT2D eigenvalue weighted by Crippen LogP contribution is -2.27. The number of hydrogen-bond acceptors (Lipinski definition) is 2. The van der Waals surface area contributed by atoms with Crippen LogP contribution in [0.5, 0.6) is 0 Å². The average Bonchev–Trinajstić information content (AvgIpc) is 2.61. The molecule has 0 bridgehead atoms. The molecule has 0 amide bonds. The molecule has 0 saturated carbocycles. The van der Waals surface area contributed by atoms with E-state index in [2.05, 4.69) is 0 Å². The summed E-state index contributed by atoms with van der Waals surface area (Å²) in [5, 5.41) is 0.651. The van der Waals surface area contributed by atoms with Gasteiger partial charge in [-0.2, -0.15) is 0 Å². The average molecular weight is 310 g/mol. The van der Waals surface area contributed by atoms with E-state index in [0.717, 1.165) is 31.6 Å². The highest BCUT2D eigenvalue weighted by Crippen LogP contribution is 2.14. The van der Waals surface area contributed by atoms with Crippen molar-refractivity contribution in [1.29, 1.82) is 0 Å². The first-order valence-electron chi connectivity index (χ1n) is 6.87. The van der Waals surface area contributed by atoms with Gasteiger partial charge in [-0.15, -0.1) is 0 Å². The number of hydrogen-bond donors (Lipinski definition) is 0. The first-order chi connectivity index (χ1) is 9.68. The fourth-order valence-electron chi connectivity index (χ4n) is 2.64.